The molecule has 0 saturated carbocycles. The van der Waals surface area contributed by atoms with Crippen LogP contribution >= 0.6 is 0 Å². The van der Waals surface area contributed by atoms with Crippen molar-refractivity contribution in [2.75, 3.05) is 33.0 Å². The van der Waals surface area contributed by atoms with Crippen molar-refractivity contribution in [1.82, 2.24) is 0 Å². The summed E-state index contributed by atoms with van der Waals surface area (Å²) >= 11 is 0. The summed E-state index contributed by atoms with van der Waals surface area (Å²) < 4.78 is 15.1. The minimum atomic E-state index is -0.342. The molecule has 0 radical (unpaired) electrons. The van der Waals surface area contributed by atoms with Crippen molar-refractivity contribution in [2.24, 2.45) is 0 Å². The lowest BCUT2D eigenvalue weighted by molar-refractivity contribution is -0.138. The number of ether oxygens (including phenoxy) is 3. The number of esters is 1. The third-order valence-electron chi connectivity index (χ3n) is 1.69. The molecule has 0 aliphatic heterocycles. The zero-order valence-electron chi connectivity index (χ0n) is 9.58. The fraction of sp³-hybridized carbons (Fsp3) is 0.727. The Labute approximate surface area is 91.2 Å². The van der Waals surface area contributed by atoms with Crippen LogP contribution in [0.2, 0.25) is 0 Å². The number of rotatable bonds is 9. The monoisotopic (exact) mass is 216 g/mol. The fourth-order valence-electron chi connectivity index (χ4n) is 0.895. The highest BCUT2D eigenvalue weighted by Crippen LogP contribution is 2.01. The second-order valence-electron chi connectivity index (χ2n) is 2.88. The van der Waals surface area contributed by atoms with E-state index in [1.54, 1.807) is 6.92 Å². The Morgan fingerprint density at radius 1 is 1.07 bits per heavy atom. The Bertz CT molecular complexity index is 189. The van der Waals surface area contributed by atoms with Gasteiger partial charge in [0.15, 0.2) is 0 Å². The molecule has 0 aromatic rings. The van der Waals surface area contributed by atoms with Crippen LogP contribution < -0.4 is 0 Å². The SMILES string of the molecule is C=C(CCOCCOCC)C(=O)OCC. The summed E-state index contributed by atoms with van der Waals surface area (Å²) in [5, 5.41) is 0. The zero-order valence-corrected chi connectivity index (χ0v) is 9.58. The van der Waals surface area contributed by atoms with Crippen molar-refractivity contribution < 1.29 is 19.0 Å². The first-order valence-electron chi connectivity index (χ1n) is 5.22. The minimum absolute atomic E-state index is 0.342. The highest BCUT2D eigenvalue weighted by atomic mass is 16.5. The summed E-state index contributed by atoms with van der Waals surface area (Å²) in [5.41, 5.74) is 0.452. The molecule has 0 saturated heterocycles. The van der Waals surface area contributed by atoms with Crippen LogP contribution in [0.15, 0.2) is 12.2 Å². The zero-order chi connectivity index (χ0) is 11.5. The van der Waals surface area contributed by atoms with Crippen LogP contribution in [0.25, 0.3) is 0 Å². The van der Waals surface area contributed by atoms with E-state index in [4.69, 9.17) is 14.2 Å². The van der Waals surface area contributed by atoms with Gasteiger partial charge in [-0.05, 0) is 13.8 Å². The second kappa shape index (κ2) is 9.68. The molecule has 4 nitrogen and oxygen atoms in total. The van der Waals surface area contributed by atoms with Crippen LogP contribution in [0.4, 0.5) is 0 Å². The highest BCUT2D eigenvalue weighted by Gasteiger charge is 2.06. The molecule has 0 amide bonds. The Kier molecular flexibility index (Phi) is 9.11. The molecule has 0 unspecified atom stereocenters. The number of hydrogen-bond acceptors (Lipinski definition) is 4. The molecular weight excluding hydrogens is 196 g/mol. The topological polar surface area (TPSA) is 44.8 Å². The van der Waals surface area contributed by atoms with E-state index >= 15 is 0 Å². The summed E-state index contributed by atoms with van der Waals surface area (Å²) in [6, 6.07) is 0. The predicted molar refractivity (Wildman–Crippen MR) is 57.7 cm³/mol. The molecule has 4 heteroatoms. The summed E-state index contributed by atoms with van der Waals surface area (Å²) in [5.74, 6) is -0.342. The smallest absolute Gasteiger partial charge is 0.333 e. The van der Waals surface area contributed by atoms with Gasteiger partial charge in [0.2, 0.25) is 0 Å². The average molecular weight is 216 g/mol. The Balaban J connectivity index is 3.35. The van der Waals surface area contributed by atoms with Crippen LogP contribution in [-0.4, -0.2) is 39.0 Å². The van der Waals surface area contributed by atoms with Gasteiger partial charge >= 0.3 is 5.97 Å². The third kappa shape index (κ3) is 8.15. The standard InChI is InChI=1S/C11H20O4/c1-4-13-8-9-14-7-6-10(3)11(12)15-5-2/h3-9H2,1-2H3. The van der Waals surface area contributed by atoms with Crippen LogP contribution in [-0.2, 0) is 19.0 Å². The number of carbonyl (C=O) groups is 1. The maximum absolute atomic E-state index is 11.1. The van der Waals surface area contributed by atoms with E-state index in [1.807, 2.05) is 6.92 Å². The van der Waals surface area contributed by atoms with Gasteiger partial charge in [-0.3, -0.25) is 0 Å². The molecule has 0 aliphatic rings. The van der Waals surface area contributed by atoms with E-state index < -0.39 is 0 Å². The van der Waals surface area contributed by atoms with E-state index in [1.165, 1.54) is 0 Å². The van der Waals surface area contributed by atoms with Crippen LogP contribution in [0.1, 0.15) is 20.3 Å². The molecule has 0 bridgehead atoms. The van der Waals surface area contributed by atoms with Crippen molar-refractivity contribution in [3.63, 3.8) is 0 Å². The molecule has 0 N–H and O–H groups in total. The lowest BCUT2D eigenvalue weighted by Gasteiger charge is -2.06. The number of hydrogen-bond donors (Lipinski definition) is 0. The molecule has 0 fully saturated rings. The van der Waals surface area contributed by atoms with E-state index in [0.29, 0.717) is 45.0 Å². The van der Waals surface area contributed by atoms with Crippen molar-refractivity contribution in [1.29, 1.82) is 0 Å². The number of carbonyl (C=O) groups excluding carboxylic acids is 1. The molecule has 0 rings (SSSR count). The van der Waals surface area contributed by atoms with Crippen LogP contribution in [0.5, 0.6) is 0 Å². The quantitative estimate of drug-likeness (QED) is 0.333. The van der Waals surface area contributed by atoms with Crippen LogP contribution in [0.3, 0.4) is 0 Å². The van der Waals surface area contributed by atoms with E-state index in [9.17, 15) is 4.79 Å². The molecule has 0 aromatic heterocycles. The van der Waals surface area contributed by atoms with Crippen molar-refractivity contribution in [2.45, 2.75) is 20.3 Å². The molecule has 0 spiro atoms. The van der Waals surface area contributed by atoms with Gasteiger partial charge in [-0.2, -0.15) is 0 Å². The van der Waals surface area contributed by atoms with E-state index in [2.05, 4.69) is 6.58 Å². The molecule has 0 aromatic carbocycles. The fourth-order valence-corrected chi connectivity index (χ4v) is 0.895. The lowest BCUT2D eigenvalue weighted by atomic mass is 10.2. The first-order chi connectivity index (χ1) is 7.22. The lowest BCUT2D eigenvalue weighted by Crippen LogP contribution is -2.10. The second-order valence-corrected chi connectivity index (χ2v) is 2.88. The Morgan fingerprint density at radius 3 is 2.33 bits per heavy atom. The summed E-state index contributed by atoms with van der Waals surface area (Å²) in [6.45, 7) is 10.0. The van der Waals surface area contributed by atoms with Gasteiger partial charge in [0, 0.05) is 18.6 Å². The summed E-state index contributed by atoms with van der Waals surface area (Å²) in [7, 11) is 0. The van der Waals surface area contributed by atoms with Gasteiger partial charge in [-0.25, -0.2) is 4.79 Å². The van der Waals surface area contributed by atoms with E-state index in [-0.39, 0.29) is 5.97 Å². The molecule has 0 atom stereocenters. The summed E-state index contributed by atoms with van der Waals surface area (Å²) in [6.07, 6.45) is 0.505. The van der Waals surface area contributed by atoms with Crippen LogP contribution in [0, 0.1) is 0 Å². The maximum Gasteiger partial charge on any atom is 0.333 e. The molecule has 88 valence electrons. The van der Waals surface area contributed by atoms with Crippen molar-refractivity contribution in [3.05, 3.63) is 12.2 Å². The van der Waals surface area contributed by atoms with Gasteiger partial charge in [-0.1, -0.05) is 6.58 Å². The van der Waals surface area contributed by atoms with Gasteiger partial charge in [0.25, 0.3) is 0 Å². The van der Waals surface area contributed by atoms with Gasteiger partial charge in [0.1, 0.15) is 0 Å². The Hall–Kier alpha value is -0.870. The average Bonchev–Trinajstić information content (AvgIpc) is 2.23. The largest absolute Gasteiger partial charge is 0.463 e. The van der Waals surface area contributed by atoms with Gasteiger partial charge in [0.05, 0.1) is 26.4 Å². The van der Waals surface area contributed by atoms with E-state index in [0.717, 1.165) is 0 Å². The van der Waals surface area contributed by atoms with Gasteiger partial charge < -0.3 is 14.2 Å². The first kappa shape index (κ1) is 14.1. The molecule has 0 aliphatic carbocycles. The molecular formula is C11H20O4. The Morgan fingerprint density at radius 2 is 1.73 bits per heavy atom. The van der Waals surface area contributed by atoms with Gasteiger partial charge in [-0.15, -0.1) is 0 Å². The predicted octanol–water partition coefficient (Wildman–Crippen LogP) is 1.55. The van der Waals surface area contributed by atoms with Crippen molar-refractivity contribution in [3.8, 4) is 0 Å². The normalized spacial score (nSPS) is 10.0. The summed E-state index contributed by atoms with van der Waals surface area (Å²) in [4.78, 5) is 11.1. The van der Waals surface area contributed by atoms with Crippen molar-refractivity contribution >= 4 is 5.97 Å². The highest BCUT2D eigenvalue weighted by molar-refractivity contribution is 5.87. The molecule has 15 heavy (non-hydrogen) atoms. The minimum Gasteiger partial charge on any atom is -0.463 e. The first-order valence-corrected chi connectivity index (χ1v) is 5.22. The molecule has 0 heterocycles. The maximum atomic E-state index is 11.1. The third-order valence-corrected chi connectivity index (χ3v) is 1.69.